The fourth-order valence-corrected chi connectivity index (χ4v) is 7.26. The molecule has 0 spiro atoms. The van der Waals surface area contributed by atoms with Crippen molar-refractivity contribution in [2.75, 3.05) is 37.6 Å². The van der Waals surface area contributed by atoms with Crippen molar-refractivity contribution in [3.8, 4) is 5.75 Å². The highest BCUT2D eigenvalue weighted by molar-refractivity contribution is 7.46. The minimum Gasteiger partial charge on any atom is -0.488 e. The number of rotatable bonds is 9. The summed E-state index contributed by atoms with van der Waals surface area (Å²) in [6.07, 6.45) is 1.50. The molecule has 0 aromatic heterocycles. The molecule has 4 atom stereocenters. The summed E-state index contributed by atoms with van der Waals surface area (Å²) in [4.78, 5) is 47.8. The fourth-order valence-electron chi connectivity index (χ4n) is 6.69. The number of phosphoric ester groups is 1. The van der Waals surface area contributed by atoms with E-state index in [2.05, 4.69) is 19.6 Å². The van der Waals surface area contributed by atoms with Gasteiger partial charge >= 0.3 is 7.82 Å². The van der Waals surface area contributed by atoms with Gasteiger partial charge in [-0.05, 0) is 70.0 Å². The van der Waals surface area contributed by atoms with Crippen LogP contribution in [0.5, 0.6) is 5.75 Å². The lowest BCUT2D eigenvalue weighted by molar-refractivity contribution is -0.137. The van der Waals surface area contributed by atoms with Crippen molar-refractivity contribution in [1.29, 1.82) is 0 Å². The minimum absolute atomic E-state index is 0.167. The number of amides is 2. The quantitative estimate of drug-likeness (QED) is 0.303. The molecule has 4 fully saturated rings. The SMILES string of the molecule is O=C1NC(=O)C2(CCCN3CCN(c4cc(F)ccc4OC4CCCC4)CC3)CC(F)C(OP(=O)(O)O)CC12. The Hall–Kier alpha value is -2.11. The maximum atomic E-state index is 14.9. The Kier molecular flexibility index (Phi) is 8.31. The Morgan fingerprint density at radius 2 is 1.85 bits per heavy atom. The fraction of sp³-hybridized carbons (Fsp3) is 0.692. The zero-order valence-electron chi connectivity index (χ0n) is 21.8. The van der Waals surface area contributed by atoms with E-state index in [1.807, 2.05) is 0 Å². The van der Waals surface area contributed by atoms with E-state index in [4.69, 9.17) is 14.5 Å². The van der Waals surface area contributed by atoms with E-state index < -0.39 is 43.2 Å². The monoisotopic (exact) mass is 571 g/mol. The van der Waals surface area contributed by atoms with Crippen molar-refractivity contribution < 1.29 is 42.0 Å². The number of carbonyl (C=O) groups is 2. The third kappa shape index (κ3) is 6.30. The number of benzene rings is 1. The number of halogens is 2. The third-order valence-electron chi connectivity index (χ3n) is 8.70. The van der Waals surface area contributed by atoms with Crippen LogP contribution in [0.3, 0.4) is 0 Å². The van der Waals surface area contributed by atoms with Crippen LogP contribution in [0.25, 0.3) is 0 Å². The first kappa shape index (κ1) is 28.4. The van der Waals surface area contributed by atoms with Gasteiger partial charge in [-0.3, -0.25) is 24.3 Å². The Bertz CT molecular complexity index is 1120. The van der Waals surface area contributed by atoms with Crippen molar-refractivity contribution >= 4 is 25.3 Å². The van der Waals surface area contributed by atoms with Crippen LogP contribution in [0, 0.1) is 17.2 Å². The van der Waals surface area contributed by atoms with Crippen LogP contribution in [-0.2, 0) is 18.7 Å². The summed E-state index contributed by atoms with van der Waals surface area (Å²) in [5, 5.41) is 2.29. The first-order valence-electron chi connectivity index (χ1n) is 13.7. The number of fused-ring (bicyclic) bond motifs is 1. The van der Waals surface area contributed by atoms with E-state index in [-0.39, 0.29) is 31.2 Å². The highest BCUT2D eigenvalue weighted by atomic mass is 31.2. The number of carbonyl (C=O) groups excluding carboxylic acids is 2. The number of alkyl halides is 1. The number of nitrogens with zero attached hydrogens (tertiary/aromatic N) is 2. The van der Waals surface area contributed by atoms with Crippen molar-refractivity contribution in [3.63, 3.8) is 0 Å². The normalized spacial score (nSPS) is 30.5. The molecule has 2 aliphatic carbocycles. The molecular weight excluding hydrogens is 535 g/mol. The van der Waals surface area contributed by atoms with E-state index >= 15 is 0 Å². The molecule has 0 radical (unpaired) electrons. The minimum atomic E-state index is -4.94. The maximum absolute atomic E-state index is 14.9. The molecule has 0 bridgehead atoms. The molecular formula is C26H36F2N3O7P. The molecule has 1 aromatic rings. The zero-order chi connectivity index (χ0) is 27.8. The predicted octanol–water partition coefficient (Wildman–Crippen LogP) is 2.92. The van der Waals surface area contributed by atoms with Crippen LogP contribution in [0.4, 0.5) is 14.5 Å². The van der Waals surface area contributed by atoms with E-state index in [9.17, 15) is 22.9 Å². The summed E-state index contributed by atoms with van der Waals surface area (Å²) in [5.41, 5.74) is -0.492. The molecule has 13 heteroatoms. The van der Waals surface area contributed by atoms with Gasteiger partial charge in [-0.15, -0.1) is 0 Å². The number of phosphoric acid groups is 1. The number of hydrogen-bond donors (Lipinski definition) is 3. The lowest BCUT2D eigenvalue weighted by atomic mass is 9.64. The van der Waals surface area contributed by atoms with Gasteiger partial charge in [-0.1, -0.05) is 0 Å². The molecule has 1 aromatic carbocycles. The van der Waals surface area contributed by atoms with Gasteiger partial charge in [0.15, 0.2) is 0 Å². The molecule has 2 saturated carbocycles. The van der Waals surface area contributed by atoms with Gasteiger partial charge < -0.3 is 19.4 Å². The second kappa shape index (κ2) is 11.4. The molecule has 5 rings (SSSR count). The first-order valence-corrected chi connectivity index (χ1v) is 15.2. The average molecular weight is 572 g/mol. The van der Waals surface area contributed by atoms with Crippen LogP contribution >= 0.6 is 7.82 Å². The van der Waals surface area contributed by atoms with Crippen molar-refractivity contribution in [3.05, 3.63) is 24.0 Å². The van der Waals surface area contributed by atoms with Gasteiger partial charge in [-0.2, -0.15) is 0 Å². The summed E-state index contributed by atoms with van der Waals surface area (Å²) < 4.78 is 51.1. The third-order valence-corrected chi connectivity index (χ3v) is 9.25. The standard InChI is InChI=1S/C26H36F2N3O7P/c27-17-6-7-22(37-18-4-1-2-5-18)21(14-17)31-12-10-30(11-13-31)9-3-8-26-16-20(28)23(38-39(34,35)36)15-19(26)24(32)29-25(26)33/h6-7,14,18-20,23H,1-5,8-13,15-16H2,(H,29,32,33)(H2,34,35,36). The lowest BCUT2D eigenvalue weighted by Crippen LogP contribution is -2.49. The number of nitrogens with one attached hydrogen (secondary N) is 1. The van der Waals surface area contributed by atoms with Crippen molar-refractivity contribution in [2.45, 2.75) is 69.7 Å². The Labute approximate surface area is 226 Å². The number of hydrogen-bond acceptors (Lipinski definition) is 7. The smallest absolute Gasteiger partial charge is 0.469 e. The van der Waals surface area contributed by atoms with Crippen LogP contribution < -0.4 is 15.0 Å². The average Bonchev–Trinajstić information content (AvgIpc) is 3.47. The number of piperazine rings is 1. The topological polar surface area (TPSA) is 129 Å². The zero-order valence-corrected chi connectivity index (χ0v) is 22.7. The van der Waals surface area contributed by atoms with Crippen LogP contribution in [-0.4, -0.2) is 77.6 Å². The summed E-state index contributed by atoms with van der Waals surface area (Å²) in [6, 6.07) is 4.65. The molecule has 3 N–H and O–H groups in total. The highest BCUT2D eigenvalue weighted by Gasteiger charge is 2.60. The van der Waals surface area contributed by atoms with E-state index in [1.165, 1.54) is 12.1 Å². The summed E-state index contributed by atoms with van der Waals surface area (Å²) in [7, 11) is -4.94. The Morgan fingerprint density at radius 3 is 2.54 bits per heavy atom. The number of ether oxygens (including phenoxy) is 1. The van der Waals surface area contributed by atoms with Gasteiger partial charge in [0, 0.05) is 32.2 Å². The van der Waals surface area contributed by atoms with Crippen LogP contribution in [0.2, 0.25) is 0 Å². The van der Waals surface area contributed by atoms with Crippen molar-refractivity contribution in [2.24, 2.45) is 11.3 Å². The van der Waals surface area contributed by atoms with Gasteiger partial charge in [-0.25, -0.2) is 13.3 Å². The number of imide groups is 1. The first-order chi connectivity index (χ1) is 18.5. The van der Waals surface area contributed by atoms with E-state index in [0.29, 0.717) is 44.9 Å². The molecule has 2 aliphatic heterocycles. The largest absolute Gasteiger partial charge is 0.488 e. The summed E-state index contributed by atoms with van der Waals surface area (Å²) in [5.74, 6) is -1.57. The molecule has 39 heavy (non-hydrogen) atoms. The van der Waals surface area contributed by atoms with E-state index in [1.54, 1.807) is 6.07 Å². The second-order valence-electron chi connectivity index (χ2n) is 11.2. The molecule has 10 nitrogen and oxygen atoms in total. The van der Waals surface area contributed by atoms with Gasteiger partial charge in [0.2, 0.25) is 11.8 Å². The van der Waals surface area contributed by atoms with E-state index in [0.717, 1.165) is 31.4 Å². The molecule has 216 valence electrons. The molecule has 2 heterocycles. The lowest BCUT2D eigenvalue weighted by Gasteiger charge is -2.41. The molecule has 4 aliphatic rings. The van der Waals surface area contributed by atoms with Crippen molar-refractivity contribution in [1.82, 2.24) is 10.2 Å². The molecule has 2 amide bonds. The maximum Gasteiger partial charge on any atom is 0.469 e. The Balaban J connectivity index is 1.16. The molecule has 4 unspecified atom stereocenters. The molecule has 2 saturated heterocycles. The summed E-state index contributed by atoms with van der Waals surface area (Å²) >= 11 is 0. The number of anilines is 1. The summed E-state index contributed by atoms with van der Waals surface area (Å²) in [6.45, 7) is 3.41. The van der Waals surface area contributed by atoms with Crippen LogP contribution in [0.1, 0.15) is 51.4 Å². The van der Waals surface area contributed by atoms with Crippen LogP contribution in [0.15, 0.2) is 18.2 Å². The second-order valence-corrected chi connectivity index (χ2v) is 12.4. The van der Waals surface area contributed by atoms with Gasteiger partial charge in [0.05, 0.1) is 23.1 Å². The predicted molar refractivity (Wildman–Crippen MR) is 137 cm³/mol. The van der Waals surface area contributed by atoms with Gasteiger partial charge in [0.1, 0.15) is 23.8 Å². The Morgan fingerprint density at radius 1 is 1.13 bits per heavy atom. The van der Waals surface area contributed by atoms with Gasteiger partial charge in [0.25, 0.3) is 0 Å². The highest BCUT2D eigenvalue weighted by Crippen LogP contribution is 2.52.